The monoisotopic (exact) mass is 346 g/mol. The summed E-state index contributed by atoms with van der Waals surface area (Å²) < 4.78 is 1.03. The number of anilines is 1. The van der Waals surface area contributed by atoms with Crippen molar-refractivity contribution in [1.29, 1.82) is 0 Å². The Hall–Kier alpha value is -3.30. The van der Waals surface area contributed by atoms with E-state index in [1.54, 1.807) is 0 Å². The lowest BCUT2D eigenvalue weighted by Crippen LogP contribution is -2.35. The molecule has 10 heteroatoms. The number of nitro groups is 1. The summed E-state index contributed by atoms with van der Waals surface area (Å²) in [5.41, 5.74) is 3.69. The third kappa shape index (κ3) is 4.83. The third-order valence-corrected chi connectivity index (χ3v) is 3.38. The van der Waals surface area contributed by atoms with E-state index in [0.29, 0.717) is 0 Å². The Balaban J connectivity index is 1.87. The van der Waals surface area contributed by atoms with Crippen molar-refractivity contribution in [3.05, 3.63) is 45.3 Å². The normalized spacial score (nSPS) is 10.4. The van der Waals surface area contributed by atoms with Crippen molar-refractivity contribution in [2.75, 3.05) is 11.9 Å². The zero-order chi connectivity index (χ0) is 18.6. The van der Waals surface area contributed by atoms with Crippen molar-refractivity contribution in [1.82, 2.24) is 20.1 Å². The Morgan fingerprint density at radius 1 is 1.20 bits per heavy atom. The molecule has 0 unspecified atom stereocenters. The number of hydrogen-bond acceptors (Lipinski definition) is 6. The first-order valence-electron chi connectivity index (χ1n) is 7.44. The van der Waals surface area contributed by atoms with Crippen LogP contribution in [0.5, 0.6) is 0 Å². The molecule has 10 nitrogen and oxygen atoms in total. The Labute approximate surface area is 143 Å². The minimum atomic E-state index is -0.756. The molecule has 0 atom stereocenters. The van der Waals surface area contributed by atoms with Gasteiger partial charge in [0.1, 0.15) is 6.54 Å². The number of aryl methyl sites for hydroxylation is 3. The average molecular weight is 346 g/mol. The zero-order valence-electron chi connectivity index (χ0n) is 14.1. The van der Waals surface area contributed by atoms with Crippen molar-refractivity contribution in [2.45, 2.75) is 27.3 Å². The third-order valence-electron chi connectivity index (χ3n) is 3.38. The number of hydrogen-bond donors (Lipinski definition) is 2. The lowest BCUT2D eigenvalue weighted by atomic mass is 10.1. The number of nitrogens with zero attached hydrogens (tertiary/aromatic N) is 4. The quantitative estimate of drug-likeness (QED) is 0.589. The van der Waals surface area contributed by atoms with Crippen LogP contribution >= 0.6 is 0 Å². The predicted octanol–water partition coefficient (Wildman–Crippen LogP) is 0.866. The van der Waals surface area contributed by atoms with Gasteiger partial charge < -0.3 is 20.7 Å². The van der Waals surface area contributed by atoms with Crippen LogP contribution < -0.4 is 10.6 Å². The summed E-state index contributed by atoms with van der Waals surface area (Å²) >= 11 is 0. The number of rotatable bonds is 6. The maximum absolute atomic E-state index is 12.0. The van der Waals surface area contributed by atoms with Crippen molar-refractivity contribution in [3.63, 3.8) is 0 Å². The number of nitrogens with one attached hydrogen (secondary N) is 2. The fourth-order valence-electron chi connectivity index (χ4n) is 2.39. The van der Waals surface area contributed by atoms with Crippen LogP contribution in [0.15, 0.2) is 18.5 Å². The SMILES string of the molecule is Cc1cc(C)c(NC(=O)CNC(=O)Cn2cnc([N+](=O)[O-])n2)c(C)c1. The summed E-state index contributed by atoms with van der Waals surface area (Å²) in [5, 5.41) is 19.2. The minimum Gasteiger partial charge on any atom is -0.390 e. The van der Waals surface area contributed by atoms with E-state index in [1.807, 2.05) is 32.9 Å². The smallest absolute Gasteiger partial charge is 0.390 e. The number of carbonyl (C=O) groups excluding carboxylic acids is 2. The Bertz CT molecular complexity index is 806. The van der Waals surface area contributed by atoms with E-state index in [0.717, 1.165) is 33.4 Å². The van der Waals surface area contributed by atoms with Gasteiger partial charge in [-0.25, -0.2) is 0 Å². The summed E-state index contributed by atoms with van der Waals surface area (Å²) in [4.78, 5) is 36.9. The van der Waals surface area contributed by atoms with Crippen LogP contribution in [0.25, 0.3) is 0 Å². The highest BCUT2D eigenvalue weighted by atomic mass is 16.6. The highest BCUT2D eigenvalue weighted by Gasteiger charge is 2.16. The van der Waals surface area contributed by atoms with Gasteiger partial charge in [0.2, 0.25) is 18.1 Å². The van der Waals surface area contributed by atoms with E-state index in [1.165, 1.54) is 0 Å². The molecule has 2 aromatic rings. The van der Waals surface area contributed by atoms with Crippen LogP contribution in [-0.2, 0) is 16.1 Å². The largest absolute Gasteiger partial charge is 0.490 e. The van der Waals surface area contributed by atoms with Gasteiger partial charge in [-0.2, -0.15) is 4.68 Å². The van der Waals surface area contributed by atoms with Gasteiger partial charge >= 0.3 is 5.95 Å². The first kappa shape index (κ1) is 18.0. The summed E-state index contributed by atoms with van der Waals surface area (Å²) in [5.74, 6) is -1.46. The Morgan fingerprint density at radius 2 is 1.84 bits per heavy atom. The van der Waals surface area contributed by atoms with Crippen LogP contribution in [0.4, 0.5) is 11.6 Å². The van der Waals surface area contributed by atoms with Crippen molar-refractivity contribution >= 4 is 23.5 Å². The van der Waals surface area contributed by atoms with Crippen LogP contribution in [-0.4, -0.2) is 38.0 Å². The molecule has 0 radical (unpaired) electrons. The summed E-state index contributed by atoms with van der Waals surface area (Å²) in [6.07, 6.45) is 1.08. The second-order valence-corrected chi connectivity index (χ2v) is 5.60. The molecule has 1 aromatic carbocycles. The lowest BCUT2D eigenvalue weighted by Gasteiger charge is -2.13. The van der Waals surface area contributed by atoms with Crippen molar-refractivity contribution in [3.8, 4) is 0 Å². The highest BCUT2D eigenvalue weighted by Crippen LogP contribution is 2.21. The Morgan fingerprint density at radius 3 is 2.40 bits per heavy atom. The van der Waals surface area contributed by atoms with Crippen LogP contribution in [0.2, 0.25) is 0 Å². The zero-order valence-corrected chi connectivity index (χ0v) is 14.1. The molecule has 0 spiro atoms. The van der Waals surface area contributed by atoms with Gasteiger partial charge in [-0.15, -0.1) is 0 Å². The molecular weight excluding hydrogens is 328 g/mol. The molecule has 132 valence electrons. The molecule has 0 saturated carbocycles. The second kappa shape index (κ2) is 7.51. The fraction of sp³-hybridized carbons (Fsp3) is 0.333. The van der Waals surface area contributed by atoms with Gasteiger partial charge in [-0.1, -0.05) is 22.7 Å². The number of amides is 2. The predicted molar refractivity (Wildman–Crippen MR) is 89.0 cm³/mol. The average Bonchev–Trinajstić information content (AvgIpc) is 2.97. The van der Waals surface area contributed by atoms with E-state index in [4.69, 9.17) is 0 Å². The standard InChI is InChI=1S/C15H18N6O4/c1-9-4-10(2)14(11(3)5-9)18-12(22)6-16-13(23)7-20-8-17-15(19-20)21(24)25/h4-5,8H,6-7H2,1-3H3,(H,16,23)(H,18,22). The van der Waals surface area contributed by atoms with E-state index >= 15 is 0 Å². The molecular formula is C15H18N6O4. The van der Waals surface area contributed by atoms with Gasteiger partial charge in [-0.05, 0) is 36.8 Å². The lowest BCUT2D eigenvalue weighted by molar-refractivity contribution is -0.394. The van der Waals surface area contributed by atoms with Gasteiger partial charge in [0.05, 0.1) is 6.54 Å². The topological polar surface area (TPSA) is 132 Å². The van der Waals surface area contributed by atoms with Gasteiger partial charge in [0, 0.05) is 10.8 Å². The molecule has 1 heterocycles. The molecule has 1 aromatic heterocycles. The number of aromatic nitrogens is 3. The molecule has 0 aliphatic heterocycles. The molecule has 2 amide bonds. The fourth-order valence-corrected chi connectivity index (χ4v) is 2.39. The summed E-state index contributed by atoms with van der Waals surface area (Å²) in [6.45, 7) is 5.27. The first-order chi connectivity index (χ1) is 11.8. The van der Waals surface area contributed by atoms with Gasteiger partial charge in [0.15, 0.2) is 0 Å². The van der Waals surface area contributed by atoms with E-state index in [-0.39, 0.29) is 19.0 Å². The van der Waals surface area contributed by atoms with E-state index in [2.05, 4.69) is 20.7 Å². The van der Waals surface area contributed by atoms with E-state index < -0.39 is 16.8 Å². The van der Waals surface area contributed by atoms with Crippen LogP contribution in [0.3, 0.4) is 0 Å². The molecule has 2 N–H and O–H groups in total. The molecule has 0 bridgehead atoms. The van der Waals surface area contributed by atoms with Crippen LogP contribution in [0, 0.1) is 30.9 Å². The molecule has 2 rings (SSSR count). The molecule has 0 aliphatic carbocycles. The second-order valence-electron chi connectivity index (χ2n) is 5.60. The molecule has 0 fully saturated rings. The summed E-state index contributed by atoms with van der Waals surface area (Å²) in [6, 6.07) is 3.91. The van der Waals surface area contributed by atoms with Crippen LogP contribution in [0.1, 0.15) is 16.7 Å². The van der Waals surface area contributed by atoms with Gasteiger partial charge in [-0.3, -0.25) is 9.59 Å². The molecule has 0 saturated heterocycles. The number of benzene rings is 1. The minimum absolute atomic E-state index is 0.220. The first-order valence-corrected chi connectivity index (χ1v) is 7.44. The number of carbonyl (C=O) groups is 2. The highest BCUT2D eigenvalue weighted by molar-refractivity contribution is 5.95. The van der Waals surface area contributed by atoms with Crippen molar-refractivity contribution in [2.24, 2.45) is 0 Å². The molecule has 0 aliphatic rings. The maximum atomic E-state index is 12.0. The van der Waals surface area contributed by atoms with Gasteiger partial charge in [0.25, 0.3) is 0 Å². The van der Waals surface area contributed by atoms with Crippen molar-refractivity contribution < 1.29 is 14.5 Å². The summed E-state index contributed by atoms with van der Waals surface area (Å²) in [7, 11) is 0. The molecule has 25 heavy (non-hydrogen) atoms. The Kier molecular flexibility index (Phi) is 5.42. The maximum Gasteiger partial charge on any atom is 0.490 e. The van der Waals surface area contributed by atoms with E-state index in [9.17, 15) is 19.7 Å².